The summed E-state index contributed by atoms with van der Waals surface area (Å²) >= 11 is 0. The molecule has 1 aromatic heterocycles. The van der Waals surface area contributed by atoms with Crippen LogP contribution < -0.4 is 5.73 Å². The van der Waals surface area contributed by atoms with Crippen molar-refractivity contribution in [2.75, 3.05) is 0 Å². The van der Waals surface area contributed by atoms with Gasteiger partial charge in [-0.2, -0.15) is 0 Å². The highest BCUT2D eigenvalue weighted by Crippen LogP contribution is 2.22. The van der Waals surface area contributed by atoms with E-state index in [0.29, 0.717) is 0 Å². The number of hydrogen-bond acceptors (Lipinski definition) is 3. The fraction of sp³-hybridized carbons (Fsp3) is 0.364. The Hall–Kier alpha value is -1.55. The van der Waals surface area contributed by atoms with Gasteiger partial charge in [-0.05, 0) is 19.1 Å². The van der Waals surface area contributed by atoms with Crippen molar-refractivity contribution in [2.24, 2.45) is 5.73 Å². The molecule has 0 aliphatic heterocycles. The van der Waals surface area contributed by atoms with Gasteiger partial charge in [0.2, 0.25) is 0 Å². The first-order chi connectivity index (χ1) is 7.08. The van der Waals surface area contributed by atoms with E-state index in [0.717, 1.165) is 16.9 Å². The maximum Gasteiger partial charge on any atom is 0.117 e. The van der Waals surface area contributed by atoms with Gasteiger partial charge in [-0.1, -0.05) is 6.92 Å². The lowest BCUT2D eigenvalue weighted by atomic mass is 10.0. The molecule has 4 heteroatoms. The van der Waals surface area contributed by atoms with Crippen LogP contribution >= 0.6 is 0 Å². The Morgan fingerprint density at radius 2 is 2.13 bits per heavy atom. The molecule has 0 saturated carbocycles. The average molecular weight is 205 g/mol. The summed E-state index contributed by atoms with van der Waals surface area (Å²) in [4.78, 5) is 7.59. The van der Waals surface area contributed by atoms with Crippen LogP contribution in [-0.4, -0.2) is 21.1 Å². The summed E-state index contributed by atoms with van der Waals surface area (Å²) in [5.41, 5.74) is 7.51. The Morgan fingerprint density at radius 3 is 2.80 bits per heavy atom. The normalized spacial score (nSPS) is 15.4. The molecule has 2 atom stereocenters. The number of nitrogens with zero attached hydrogens (tertiary/aromatic N) is 1. The second-order valence-electron chi connectivity index (χ2n) is 3.97. The average Bonchev–Trinajstić information content (AvgIpc) is 2.58. The monoisotopic (exact) mass is 205 g/mol. The van der Waals surface area contributed by atoms with Crippen molar-refractivity contribution in [3.63, 3.8) is 0 Å². The first kappa shape index (κ1) is 9.98. The molecule has 15 heavy (non-hydrogen) atoms. The van der Waals surface area contributed by atoms with Crippen LogP contribution in [0.3, 0.4) is 0 Å². The van der Waals surface area contributed by atoms with Crippen molar-refractivity contribution in [2.45, 2.75) is 25.8 Å². The van der Waals surface area contributed by atoms with Crippen LogP contribution in [0.15, 0.2) is 18.2 Å². The number of rotatable bonds is 2. The van der Waals surface area contributed by atoms with E-state index in [1.54, 1.807) is 18.2 Å². The van der Waals surface area contributed by atoms with Gasteiger partial charge in [0.1, 0.15) is 11.6 Å². The molecule has 0 radical (unpaired) electrons. The van der Waals surface area contributed by atoms with E-state index in [4.69, 9.17) is 5.73 Å². The molecule has 2 unspecified atom stereocenters. The predicted molar refractivity (Wildman–Crippen MR) is 59.8 cm³/mol. The molecule has 2 aromatic rings. The zero-order valence-corrected chi connectivity index (χ0v) is 8.86. The lowest BCUT2D eigenvalue weighted by Crippen LogP contribution is -2.23. The first-order valence-electron chi connectivity index (χ1n) is 5.02. The van der Waals surface area contributed by atoms with E-state index < -0.39 is 0 Å². The van der Waals surface area contributed by atoms with Crippen LogP contribution in [0.2, 0.25) is 0 Å². The molecule has 4 N–H and O–H groups in total. The summed E-state index contributed by atoms with van der Waals surface area (Å²) in [6, 6.07) is 5.14. The van der Waals surface area contributed by atoms with Crippen LogP contribution in [0.5, 0.6) is 5.75 Å². The molecule has 0 amide bonds. The summed E-state index contributed by atoms with van der Waals surface area (Å²) in [7, 11) is 0. The number of benzene rings is 1. The smallest absolute Gasteiger partial charge is 0.117 e. The van der Waals surface area contributed by atoms with E-state index >= 15 is 0 Å². The summed E-state index contributed by atoms with van der Waals surface area (Å²) in [5, 5.41) is 9.31. The number of aromatic nitrogens is 2. The van der Waals surface area contributed by atoms with E-state index in [2.05, 4.69) is 9.97 Å². The van der Waals surface area contributed by atoms with Gasteiger partial charge in [0.15, 0.2) is 0 Å². The fourth-order valence-corrected chi connectivity index (χ4v) is 1.48. The van der Waals surface area contributed by atoms with E-state index in [9.17, 15) is 5.11 Å². The number of phenolic OH excluding ortho intramolecular Hbond substituents is 1. The topological polar surface area (TPSA) is 74.9 Å². The molecule has 0 aliphatic rings. The third-order valence-corrected chi connectivity index (χ3v) is 2.70. The third kappa shape index (κ3) is 1.80. The Balaban J connectivity index is 2.47. The molecule has 0 aliphatic carbocycles. The van der Waals surface area contributed by atoms with Gasteiger partial charge in [0, 0.05) is 18.0 Å². The summed E-state index contributed by atoms with van der Waals surface area (Å²) in [6.07, 6.45) is 0. The highest BCUT2D eigenvalue weighted by atomic mass is 16.3. The standard InChI is InChI=1S/C11H15N3O/c1-6(7(2)12)11-13-9-4-3-8(15)5-10(9)14-11/h3-7,15H,12H2,1-2H3,(H,13,14). The molecule has 0 bridgehead atoms. The van der Waals surface area contributed by atoms with Crippen molar-refractivity contribution in [1.82, 2.24) is 9.97 Å². The van der Waals surface area contributed by atoms with Crippen LogP contribution in [0.4, 0.5) is 0 Å². The van der Waals surface area contributed by atoms with E-state index in [-0.39, 0.29) is 17.7 Å². The Labute approximate surface area is 88.1 Å². The summed E-state index contributed by atoms with van der Waals surface area (Å²) in [6.45, 7) is 3.98. The van der Waals surface area contributed by atoms with E-state index in [1.807, 2.05) is 13.8 Å². The van der Waals surface area contributed by atoms with Crippen molar-refractivity contribution in [3.05, 3.63) is 24.0 Å². The minimum Gasteiger partial charge on any atom is -0.508 e. The summed E-state index contributed by atoms with van der Waals surface area (Å²) in [5.74, 6) is 1.29. The number of phenols is 1. The fourth-order valence-electron chi connectivity index (χ4n) is 1.48. The predicted octanol–water partition coefficient (Wildman–Crippen LogP) is 1.72. The molecular formula is C11H15N3O. The van der Waals surface area contributed by atoms with E-state index in [1.165, 1.54) is 0 Å². The molecule has 1 heterocycles. The van der Waals surface area contributed by atoms with Crippen molar-refractivity contribution >= 4 is 11.0 Å². The van der Waals surface area contributed by atoms with Gasteiger partial charge in [-0.15, -0.1) is 0 Å². The maximum atomic E-state index is 9.31. The molecule has 80 valence electrons. The zero-order valence-electron chi connectivity index (χ0n) is 8.86. The molecular weight excluding hydrogens is 190 g/mol. The second kappa shape index (κ2) is 3.55. The SMILES string of the molecule is CC(N)C(C)c1nc2ccc(O)cc2[nH]1. The number of aromatic amines is 1. The van der Waals surface area contributed by atoms with Crippen molar-refractivity contribution < 1.29 is 5.11 Å². The van der Waals surface area contributed by atoms with Gasteiger partial charge in [0.05, 0.1) is 11.0 Å². The van der Waals surface area contributed by atoms with Gasteiger partial charge < -0.3 is 15.8 Å². The number of fused-ring (bicyclic) bond motifs is 1. The van der Waals surface area contributed by atoms with Crippen molar-refractivity contribution in [1.29, 1.82) is 0 Å². The Bertz CT molecular complexity index is 476. The van der Waals surface area contributed by atoms with Crippen LogP contribution in [0.25, 0.3) is 11.0 Å². The minimum atomic E-state index is 0.0548. The highest BCUT2D eigenvalue weighted by Gasteiger charge is 2.14. The first-order valence-corrected chi connectivity index (χ1v) is 5.02. The molecule has 0 saturated heterocycles. The summed E-state index contributed by atoms with van der Waals surface area (Å²) < 4.78 is 0. The number of aromatic hydroxyl groups is 1. The quantitative estimate of drug-likeness (QED) is 0.698. The minimum absolute atomic E-state index is 0.0548. The lowest BCUT2D eigenvalue weighted by molar-refractivity contribution is 0.476. The largest absolute Gasteiger partial charge is 0.508 e. The highest BCUT2D eigenvalue weighted by molar-refractivity contribution is 5.76. The van der Waals surface area contributed by atoms with Crippen LogP contribution in [-0.2, 0) is 0 Å². The molecule has 0 fully saturated rings. The van der Waals surface area contributed by atoms with Crippen LogP contribution in [0.1, 0.15) is 25.6 Å². The van der Waals surface area contributed by atoms with Gasteiger partial charge >= 0.3 is 0 Å². The number of imidazole rings is 1. The van der Waals surface area contributed by atoms with Gasteiger partial charge in [-0.3, -0.25) is 0 Å². The number of hydrogen-bond donors (Lipinski definition) is 3. The zero-order chi connectivity index (χ0) is 11.0. The number of nitrogens with two attached hydrogens (primary N) is 1. The van der Waals surface area contributed by atoms with Crippen LogP contribution in [0, 0.1) is 0 Å². The Kier molecular flexibility index (Phi) is 2.36. The Morgan fingerprint density at radius 1 is 1.40 bits per heavy atom. The molecule has 2 rings (SSSR count). The number of nitrogens with one attached hydrogen (secondary N) is 1. The second-order valence-corrected chi connectivity index (χ2v) is 3.97. The number of H-pyrrole nitrogens is 1. The third-order valence-electron chi connectivity index (χ3n) is 2.70. The lowest BCUT2D eigenvalue weighted by Gasteiger charge is -2.11. The molecule has 4 nitrogen and oxygen atoms in total. The van der Waals surface area contributed by atoms with Gasteiger partial charge in [-0.25, -0.2) is 4.98 Å². The van der Waals surface area contributed by atoms with Gasteiger partial charge in [0.25, 0.3) is 0 Å². The van der Waals surface area contributed by atoms with Crippen molar-refractivity contribution in [3.8, 4) is 5.75 Å². The maximum absolute atomic E-state index is 9.31. The molecule has 1 aromatic carbocycles. The molecule has 0 spiro atoms.